The molecule has 1 aromatic rings. The van der Waals surface area contributed by atoms with Gasteiger partial charge in [0.2, 0.25) is 0 Å². The van der Waals surface area contributed by atoms with Crippen LogP contribution in [0.4, 0.5) is 13.2 Å². The van der Waals surface area contributed by atoms with Crippen molar-refractivity contribution in [3.63, 3.8) is 0 Å². The molecule has 0 aliphatic carbocycles. The molecule has 2 atom stereocenters. The minimum atomic E-state index is -4.49. The van der Waals surface area contributed by atoms with Crippen molar-refractivity contribution in [2.45, 2.75) is 32.1 Å². The van der Waals surface area contributed by atoms with Crippen LogP contribution in [0.25, 0.3) is 0 Å². The van der Waals surface area contributed by atoms with Crippen molar-refractivity contribution in [1.82, 2.24) is 14.8 Å². The van der Waals surface area contributed by atoms with Crippen LogP contribution in [0, 0.1) is 5.92 Å². The van der Waals surface area contributed by atoms with Gasteiger partial charge in [-0.1, -0.05) is 6.92 Å². The lowest BCUT2D eigenvalue weighted by Crippen LogP contribution is -2.29. The van der Waals surface area contributed by atoms with Crippen LogP contribution < -0.4 is 5.73 Å². The minimum Gasteiger partial charge on any atom is -0.321 e. The standard InChI is InChI=1S/C8H11F3N4/c1-4-2-3-15-6(5(4)12)13-7(14-15)8(9,10)11/h4-5H,2-3,12H2,1H3. The third kappa shape index (κ3) is 1.71. The van der Waals surface area contributed by atoms with E-state index in [2.05, 4.69) is 10.1 Å². The van der Waals surface area contributed by atoms with Gasteiger partial charge in [0.15, 0.2) is 0 Å². The lowest BCUT2D eigenvalue weighted by molar-refractivity contribution is -0.145. The Balaban J connectivity index is 2.40. The molecule has 84 valence electrons. The van der Waals surface area contributed by atoms with Gasteiger partial charge in [0.1, 0.15) is 5.82 Å². The topological polar surface area (TPSA) is 56.7 Å². The number of fused-ring (bicyclic) bond motifs is 1. The second-order valence-electron chi connectivity index (χ2n) is 3.81. The lowest BCUT2D eigenvalue weighted by atomic mass is 9.96. The van der Waals surface area contributed by atoms with Crippen LogP contribution in [0.15, 0.2) is 0 Å². The van der Waals surface area contributed by atoms with Crippen molar-refractivity contribution in [2.24, 2.45) is 11.7 Å². The number of aryl methyl sites for hydroxylation is 1. The van der Waals surface area contributed by atoms with Gasteiger partial charge in [0.25, 0.3) is 5.82 Å². The van der Waals surface area contributed by atoms with Crippen molar-refractivity contribution >= 4 is 0 Å². The Hall–Kier alpha value is -1.11. The monoisotopic (exact) mass is 220 g/mol. The van der Waals surface area contributed by atoms with Gasteiger partial charge in [0.05, 0.1) is 6.04 Å². The van der Waals surface area contributed by atoms with E-state index in [4.69, 9.17) is 5.73 Å². The van der Waals surface area contributed by atoms with Gasteiger partial charge in [-0.2, -0.15) is 13.2 Å². The number of rotatable bonds is 0. The van der Waals surface area contributed by atoms with Crippen LogP contribution in [0.2, 0.25) is 0 Å². The molecule has 1 aliphatic heterocycles. The molecule has 0 bridgehead atoms. The molecule has 2 N–H and O–H groups in total. The SMILES string of the molecule is CC1CCn2nc(C(F)(F)F)nc2C1N. The summed E-state index contributed by atoms with van der Waals surface area (Å²) in [5.41, 5.74) is 5.76. The number of nitrogens with two attached hydrogens (primary N) is 1. The Kier molecular flexibility index (Phi) is 2.22. The predicted octanol–water partition coefficient (Wildman–Crippen LogP) is 1.34. The van der Waals surface area contributed by atoms with Crippen LogP contribution in [-0.2, 0) is 12.7 Å². The van der Waals surface area contributed by atoms with Crippen molar-refractivity contribution in [1.29, 1.82) is 0 Å². The predicted molar refractivity (Wildman–Crippen MR) is 45.7 cm³/mol. The molecule has 0 aromatic carbocycles. The average Bonchev–Trinajstić information content (AvgIpc) is 2.55. The third-order valence-corrected chi connectivity index (χ3v) is 2.66. The fourth-order valence-corrected chi connectivity index (χ4v) is 1.65. The first-order valence-electron chi connectivity index (χ1n) is 4.67. The Morgan fingerprint density at radius 1 is 1.47 bits per heavy atom. The highest BCUT2D eigenvalue weighted by molar-refractivity contribution is 5.04. The molecule has 4 nitrogen and oxygen atoms in total. The quantitative estimate of drug-likeness (QED) is 0.717. The number of hydrogen-bond donors (Lipinski definition) is 1. The summed E-state index contributed by atoms with van der Waals surface area (Å²) in [6.45, 7) is 2.35. The van der Waals surface area contributed by atoms with E-state index in [-0.39, 0.29) is 11.7 Å². The smallest absolute Gasteiger partial charge is 0.321 e. The molecule has 0 saturated carbocycles. The number of halogens is 3. The molecule has 1 aromatic heterocycles. The number of alkyl halides is 3. The van der Waals surface area contributed by atoms with Gasteiger partial charge in [0, 0.05) is 6.54 Å². The van der Waals surface area contributed by atoms with E-state index >= 15 is 0 Å². The normalized spacial score (nSPS) is 26.5. The molecule has 15 heavy (non-hydrogen) atoms. The van der Waals surface area contributed by atoms with E-state index in [0.29, 0.717) is 6.54 Å². The van der Waals surface area contributed by atoms with E-state index in [1.807, 2.05) is 6.92 Å². The van der Waals surface area contributed by atoms with Crippen LogP contribution >= 0.6 is 0 Å². The Morgan fingerprint density at radius 2 is 2.13 bits per heavy atom. The molecule has 2 rings (SSSR count). The zero-order valence-electron chi connectivity index (χ0n) is 8.12. The van der Waals surface area contributed by atoms with Gasteiger partial charge >= 0.3 is 6.18 Å². The third-order valence-electron chi connectivity index (χ3n) is 2.66. The number of nitrogens with zero attached hydrogens (tertiary/aromatic N) is 3. The summed E-state index contributed by atoms with van der Waals surface area (Å²) in [5.74, 6) is -0.717. The summed E-state index contributed by atoms with van der Waals surface area (Å²) in [4.78, 5) is 3.46. The second-order valence-corrected chi connectivity index (χ2v) is 3.81. The maximum Gasteiger partial charge on any atom is 0.453 e. The molecule has 2 heterocycles. The average molecular weight is 220 g/mol. The fourth-order valence-electron chi connectivity index (χ4n) is 1.65. The minimum absolute atomic E-state index is 0.141. The Bertz CT molecular complexity index is 370. The zero-order chi connectivity index (χ0) is 11.2. The molecule has 0 fully saturated rings. The molecule has 0 saturated heterocycles. The number of aromatic nitrogens is 3. The Labute approximate surface area is 84.3 Å². The highest BCUT2D eigenvalue weighted by Crippen LogP contribution is 2.31. The maximum absolute atomic E-state index is 12.3. The van der Waals surface area contributed by atoms with Gasteiger partial charge in [-0.15, -0.1) is 5.10 Å². The first-order valence-corrected chi connectivity index (χ1v) is 4.67. The molecular formula is C8H11F3N4. The summed E-state index contributed by atoms with van der Waals surface area (Å²) in [6.07, 6.45) is -3.76. The first kappa shape index (κ1) is 10.4. The molecule has 0 radical (unpaired) electrons. The van der Waals surface area contributed by atoms with Crippen LogP contribution in [0.5, 0.6) is 0 Å². The molecular weight excluding hydrogens is 209 g/mol. The van der Waals surface area contributed by atoms with Crippen molar-refractivity contribution in [3.8, 4) is 0 Å². The summed E-state index contributed by atoms with van der Waals surface area (Å²) in [6, 6.07) is -0.456. The highest BCUT2D eigenvalue weighted by atomic mass is 19.4. The van der Waals surface area contributed by atoms with Crippen molar-refractivity contribution in [2.75, 3.05) is 0 Å². The second kappa shape index (κ2) is 3.19. The zero-order valence-corrected chi connectivity index (χ0v) is 8.12. The number of hydrogen-bond acceptors (Lipinski definition) is 3. The van der Waals surface area contributed by atoms with Gasteiger partial charge in [-0.25, -0.2) is 9.67 Å². The van der Waals surface area contributed by atoms with E-state index in [1.54, 1.807) is 0 Å². The van der Waals surface area contributed by atoms with E-state index in [1.165, 1.54) is 4.68 Å². The van der Waals surface area contributed by atoms with Gasteiger partial charge in [-0.05, 0) is 12.3 Å². The van der Waals surface area contributed by atoms with Crippen molar-refractivity contribution in [3.05, 3.63) is 11.6 Å². The van der Waals surface area contributed by atoms with Crippen LogP contribution in [0.1, 0.15) is 31.0 Å². The maximum atomic E-state index is 12.3. The molecule has 0 amide bonds. The summed E-state index contributed by atoms with van der Waals surface area (Å²) < 4.78 is 38.2. The highest BCUT2D eigenvalue weighted by Gasteiger charge is 2.39. The molecule has 2 unspecified atom stereocenters. The summed E-state index contributed by atoms with van der Waals surface area (Å²) >= 11 is 0. The largest absolute Gasteiger partial charge is 0.453 e. The van der Waals surface area contributed by atoms with E-state index in [9.17, 15) is 13.2 Å². The van der Waals surface area contributed by atoms with E-state index < -0.39 is 18.0 Å². The fraction of sp³-hybridized carbons (Fsp3) is 0.750. The van der Waals surface area contributed by atoms with Crippen molar-refractivity contribution < 1.29 is 13.2 Å². The summed E-state index contributed by atoms with van der Waals surface area (Å²) in [5, 5.41) is 3.41. The van der Waals surface area contributed by atoms with E-state index in [0.717, 1.165) is 6.42 Å². The van der Waals surface area contributed by atoms with Gasteiger partial charge in [-0.3, -0.25) is 0 Å². The lowest BCUT2D eigenvalue weighted by Gasteiger charge is -2.24. The Morgan fingerprint density at radius 3 is 2.73 bits per heavy atom. The molecule has 0 spiro atoms. The summed E-state index contributed by atoms with van der Waals surface area (Å²) in [7, 11) is 0. The van der Waals surface area contributed by atoms with Crippen LogP contribution in [-0.4, -0.2) is 14.8 Å². The van der Waals surface area contributed by atoms with Gasteiger partial charge < -0.3 is 5.73 Å². The van der Waals surface area contributed by atoms with Crippen LogP contribution in [0.3, 0.4) is 0 Å². The molecule has 7 heteroatoms. The molecule has 1 aliphatic rings. The first-order chi connectivity index (χ1) is 6.89.